The Morgan fingerprint density at radius 2 is 1.94 bits per heavy atom. The zero-order chi connectivity index (χ0) is 23.9. The quantitative estimate of drug-likeness (QED) is 0.720. The molecule has 0 spiro atoms. The van der Waals surface area contributed by atoms with E-state index in [9.17, 15) is 18.0 Å². The third kappa shape index (κ3) is 4.75. The smallest absolute Gasteiger partial charge is 0.266 e. The second kappa shape index (κ2) is 8.81. The molecular weight excluding hydrogens is 433 g/mol. The Morgan fingerprint density at radius 3 is 2.61 bits per heavy atom. The fourth-order valence-corrected chi connectivity index (χ4v) is 4.29. The van der Waals surface area contributed by atoms with Gasteiger partial charge in [0.05, 0.1) is 29.8 Å². The molecule has 1 aromatic rings. The molecule has 4 rings (SSSR count). The Kier molecular flexibility index (Phi) is 6.22. The maximum atomic E-state index is 14.6. The largest absolute Gasteiger partial charge is 0.355 e. The number of amidine groups is 2. The van der Waals surface area contributed by atoms with E-state index in [-0.39, 0.29) is 17.1 Å². The predicted octanol–water partition coefficient (Wildman–Crippen LogP) is 3.11. The molecule has 10 heteroatoms. The topological polar surface area (TPSA) is 86.3 Å². The number of carbonyl (C=O) groups is 1. The highest BCUT2D eigenvalue weighted by molar-refractivity contribution is 6.25. The number of halogens is 3. The molecule has 0 unspecified atom stereocenters. The first-order valence-electron chi connectivity index (χ1n) is 11.1. The SMILES string of the molecule is C[C@@H]1CN2N=C(N3CCC(C)(N)CC3)C=C(C(=O)N[C@H](C)c3cccc(C(F)F)c3F)C2=N1. The fourth-order valence-electron chi connectivity index (χ4n) is 4.29. The van der Waals surface area contributed by atoms with Crippen molar-refractivity contribution in [2.75, 3.05) is 19.6 Å². The number of rotatable bonds is 4. The molecule has 3 heterocycles. The number of nitrogens with one attached hydrogen (secondary N) is 1. The molecule has 178 valence electrons. The van der Waals surface area contributed by atoms with Crippen LogP contribution in [0.3, 0.4) is 0 Å². The van der Waals surface area contributed by atoms with Crippen LogP contribution in [0.2, 0.25) is 0 Å². The van der Waals surface area contributed by atoms with Crippen LogP contribution in [0.15, 0.2) is 39.9 Å². The van der Waals surface area contributed by atoms with Crippen molar-refractivity contribution in [2.45, 2.75) is 57.7 Å². The van der Waals surface area contributed by atoms with Crippen LogP contribution in [0.4, 0.5) is 13.2 Å². The van der Waals surface area contributed by atoms with Crippen molar-refractivity contribution >= 4 is 17.6 Å². The molecule has 0 saturated carbocycles. The number of nitrogens with zero attached hydrogens (tertiary/aromatic N) is 4. The van der Waals surface area contributed by atoms with Crippen molar-refractivity contribution in [1.29, 1.82) is 0 Å². The van der Waals surface area contributed by atoms with Crippen molar-refractivity contribution < 1.29 is 18.0 Å². The lowest BCUT2D eigenvalue weighted by molar-refractivity contribution is -0.117. The van der Waals surface area contributed by atoms with E-state index in [2.05, 4.69) is 20.3 Å². The van der Waals surface area contributed by atoms with Gasteiger partial charge in [-0.15, -0.1) is 0 Å². The van der Waals surface area contributed by atoms with E-state index < -0.39 is 29.8 Å². The molecule has 0 radical (unpaired) electrons. The molecular formula is C23H29F3N6O. The molecule has 3 aliphatic heterocycles. The van der Waals surface area contributed by atoms with E-state index in [0.717, 1.165) is 32.0 Å². The van der Waals surface area contributed by atoms with Gasteiger partial charge in [-0.25, -0.2) is 18.2 Å². The Morgan fingerprint density at radius 1 is 1.27 bits per heavy atom. The van der Waals surface area contributed by atoms with Gasteiger partial charge in [-0.3, -0.25) is 9.79 Å². The molecule has 1 saturated heterocycles. The number of nitrogens with two attached hydrogens (primary N) is 1. The van der Waals surface area contributed by atoms with Crippen LogP contribution in [-0.2, 0) is 4.79 Å². The minimum absolute atomic E-state index is 0.00305. The molecule has 3 N–H and O–H groups in total. The maximum absolute atomic E-state index is 14.6. The summed E-state index contributed by atoms with van der Waals surface area (Å²) in [4.78, 5) is 19.9. The van der Waals surface area contributed by atoms with Gasteiger partial charge >= 0.3 is 0 Å². The summed E-state index contributed by atoms with van der Waals surface area (Å²) in [6.07, 6.45) is 0.362. The van der Waals surface area contributed by atoms with E-state index in [1.54, 1.807) is 18.0 Å². The molecule has 0 bridgehead atoms. The zero-order valence-electron chi connectivity index (χ0n) is 19.0. The second-order valence-corrected chi connectivity index (χ2v) is 9.29. The van der Waals surface area contributed by atoms with Gasteiger partial charge in [0.25, 0.3) is 12.3 Å². The molecule has 0 aromatic heterocycles. The van der Waals surface area contributed by atoms with Gasteiger partial charge < -0.3 is 16.0 Å². The standard InChI is InChI=1S/C23H29F3N6O/c1-13-12-32-21(28-13)17(11-18(30-32)31-9-7-23(3,27)8-10-31)22(33)29-14(2)15-5-4-6-16(19(15)24)20(25)26/h4-6,11,13-14,20H,7-10,12,27H2,1-3H3,(H,29,33)/t13-,14-/m1/s1. The zero-order valence-corrected chi connectivity index (χ0v) is 19.0. The third-order valence-corrected chi connectivity index (χ3v) is 6.34. The number of hydrogen-bond acceptors (Lipinski definition) is 6. The van der Waals surface area contributed by atoms with Crippen molar-refractivity contribution in [2.24, 2.45) is 15.8 Å². The number of piperidine rings is 1. The summed E-state index contributed by atoms with van der Waals surface area (Å²) in [5.41, 5.74) is 5.66. The summed E-state index contributed by atoms with van der Waals surface area (Å²) in [5.74, 6) is -0.359. The van der Waals surface area contributed by atoms with Crippen molar-refractivity contribution in [3.8, 4) is 0 Å². The summed E-state index contributed by atoms with van der Waals surface area (Å²) in [6.45, 7) is 7.51. The number of hydrazone groups is 1. The summed E-state index contributed by atoms with van der Waals surface area (Å²) >= 11 is 0. The monoisotopic (exact) mass is 462 g/mol. The van der Waals surface area contributed by atoms with Crippen LogP contribution < -0.4 is 11.1 Å². The van der Waals surface area contributed by atoms with Crippen LogP contribution >= 0.6 is 0 Å². The molecule has 2 atom stereocenters. The van der Waals surface area contributed by atoms with E-state index in [1.807, 2.05) is 13.8 Å². The Hall–Kier alpha value is -2.88. The Labute approximate surface area is 191 Å². The molecule has 0 aliphatic carbocycles. The van der Waals surface area contributed by atoms with Gasteiger partial charge in [0.2, 0.25) is 0 Å². The summed E-state index contributed by atoms with van der Waals surface area (Å²) in [5, 5.41) is 9.15. The number of aliphatic imine (C=N–C) groups is 1. The van der Waals surface area contributed by atoms with Gasteiger partial charge in [0.15, 0.2) is 5.84 Å². The first kappa shape index (κ1) is 23.3. The van der Waals surface area contributed by atoms with Gasteiger partial charge in [-0.1, -0.05) is 18.2 Å². The van der Waals surface area contributed by atoms with Gasteiger partial charge in [0, 0.05) is 24.2 Å². The van der Waals surface area contributed by atoms with Crippen molar-refractivity contribution in [3.63, 3.8) is 0 Å². The van der Waals surface area contributed by atoms with E-state index in [0.29, 0.717) is 23.8 Å². The number of amides is 1. The first-order chi connectivity index (χ1) is 15.6. The number of benzene rings is 1. The number of fused-ring (bicyclic) bond motifs is 1. The van der Waals surface area contributed by atoms with E-state index in [1.165, 1.54) is 12.1 Å². The van der Waals surface area contributed by atoms with Crippen LogP contribution in [0.1, 0.15) is 57.2 Å². The lowest BCUT2D eigenvalue weighted by atomic mass is 9.91. The number of alkyl halides is 2. The molecule has 7 nitrogen and oxygen atoms in total. The average molecular weight is 463 g/mol. The molecule has 3 aliphatic rings. The summed E-state index contributed by atoms with van der Waals surface area (Å²) in [6, 6.07) is 2.94. The number of hydrogen-bond donors (Lipinski definition) is 2. The Balaban J connectivity index is 1.57. The minimum atomic E-state index is -2.93. The van der Waals surface area contributed by atoms with Gasteiger partial charge in [-0.05, 0) is 39.7 Å². The van der Waals surface area contributed by atoms with Crippen molar-refractivity contribution in [1.82, 2.24) is 15.2 Å². The highest BCUT2D eigenvalue weighted by Gasteiger charge is 2.35. The highest BCUT2D eigenvalue weighted by atomic mass is 19.3. The van der Waals surface area contributed by atoms with Gasteiger partial charge in [-0.2, -0.15) is 5.10 Å². The maximum Gasteiger partial charge on any atom is 0.266 e. The van der Waals surface area contributed by atoms with Crippen LogP contribution in [0, 0.1) is 5.82 Å². The minimum Gasteiger partial charge on any atom is -0.355 e. The molecule has 1 aromatic carbocycles. The highest BCUT2D eigenvalue weighted by Crippen LogP contribution is 2.28. The lowest BCUT2D eigenvalue weighted by Crippen LogP contribution is -2.51. The number of likely N-dealkylation sites (tertiary alicyclic amines) is 1. The normalized spacial score (nSPS) is 23.0. The fraction of sp³-hybridized carbons (Fsp3) is 0.522. The van der Waals surface area contributed by atoms with Crippen molar-refractivity contribution in [3.05, 3.63) is 46.8 Å². The first-order valence-corrected chi connectivity index (χ1v) is 11.1. The summed E-state index contributed by atoms with van der Waals surface area (Å²) < 4.78 is 40.8. The lowest BCUT2D eigenvalue weighted by Gasteiger charge is -2.39. The van der Waals surface area contributed by atoms with Gasteiger partial charge in [0.1, 0.15) is 11.7 Å². The average Bonchev–Trinajstić information content (AvgIpc) is 3.12. The molecule has 1 fully saturated rings. The predicted molar refractivity (Wildman–Crippen MR) is 120 cm³/mol. The molecule has 33 heavy (non-hydrogen) atoms. The number of carbonyl (C=O) groups excluding carboxylic acids is 1. The Bertz CT molecular complexity index is 1030. The summed E-state index contributed by atoms with van der Waals surface area (Å²) in [7, 11) is 0. The van der Waals surface area contributed by atoms with E-state index in [4.69, 9.17) is 5.73 Å². The molecule has 1 amide bonds. The third-order valence-electron chi connectivity index (χ3n) is 6.34. The van der Waals surface area contributed by atoms with Crippen LogP contribution in [0.25, 0.3) is 0 Å². The van der Waals surface area contributed by atoms with E-state index >= 15 is 0 Å². The van der Waals surface area contributed by atoms with Crippen LogP contribution in [-0.4, -0.2) is 58.7 Å². The second-order valence-electron chi connectivity index (χ2n) is 9.29. The van der Waals surface area contributed by atoms with Crippen LogP contribution in [0.5, 0.6) is 0 Å².